The zero-order valence-electron chi connectivity index (χ0n) is 9.54. The Labute approximate surface area is 99.7 Å². The minimum Gasteiger partial charge on any atom is -0.481 e. The van der Waals surface area contributed by atoms with Gasteiger partial charge in [-0.1, -0.05) is 35.8 Å². The number of hydrogen-bond acceptors (Lipinski definition) is 2. The van der Waals surface area contributed by atoms with E-state index in [0.29, 0.717) is 5.69 Å². The Bertz CT molecular complexity index is 408. The quantitative estimate of drug-likeness (QED) is 0.336. The number of unbranched alkanes of at least 4 members (excludes halogenated alkanes) is 2. The van der Waals surface area contributed by atoms with Gasteiger partial charge in [0, 0.05) is 17.0 Å². The molecule has 17 heavy (non-hydrogen) atoms. The van der Waals surface area contributed by atoms with Gasteiger partial charge in [-0.05, 0) is 30.4 Å². The summed E-state index contributed by atoms with van der Waals surface area (Å²) in [5.74, 6) is -0.733. The molecule has 1 N–H and O–H groups in total. The molecule has 0 aromatic heterocycles. The summed E-state index contributed by atoms with van der Waals surface area (Å²) in [6, 6.07) is 7.43. The second-order valence-electron chi connectivity index (χ2n) is 3.81. The summed E-state index contributed by atoms with van der Waals surface area (Å²) in [5.41, 5.74) is 10.0. The summed E-state index contributed by atoms with van der Waals surface area (Å²) in [5, 5.41) is 12.0. The van der Waals surface area contributed by atoms with Gasteiger partial charge in [0.05, 0.1) is 0 Å². The Morgan fingerprint density at radius 1 is 1.24 bits per heavy atom. The molecule has 90 valence electrons. The lowest BCUT2D eigenvalue weighted by Crippen LogP contribution is -1.94. The smallest absolute Gasteiger partial charge is 0.303 e. The van der Waals surface area contributed by atoms with E-state index in [1.807, 2.05) is 12.1 Å². The first-order valence-electron chi connectivity index (χ1n) is 5.58. The monoisotopic (exact) mass is 233 g/mol. The molecule has 0 aliphatic heterocycles. The van der Waals surface area contributed by atoms with Crippen molar-refractivity contribution in [2.24, 2.45) is 5.11 Å². The van der Waals surface area contributed by atoms with Gasteiger partial charge in [0.1, 0.15) is 0 Å². The van der Waals surface area contributed by atoms with Crippen molar-refractivity contribution < 1.29 is 9.90 Å². The number of carbonyl (C=O) groups is 1. The molecule has 5 heteroatoms. The van der Waals surface area contributed by atoms with Gasteiger partial charge >= 0.3 is 5.97 Å². The van der Waals surface area contributed by atoms with Gasteiger partial charge < -0.3 is 5.11 Å². The zero-order chi connectivity index (χ0) is 12.5. The highest BCUT2D eigenvalue weighted by atomic mass is 16.4. The van der Waals surface area contributed by atoms with E-state index in [1.54, 1.807) is 12.1 Å². The molecule has 0 aliphatic carbocycles. The predicted octanol–water partition coefficient (Wildman–Crippen LogP) is 3.82. The van der Waals surface area contributed by atoms with E-state index in [9.17, 15) is 4.79 Å². The van der Waals surface area contributed by atoms with Crippen molar-refractivity contribution in [2.45, 2.75) is 32.1 Å². The van der Waals surface area contributed by atoms with Crippen molar-refractivity contribution in [2.75, 3.05) is 0 Å². The fourth-order valence-electron chi connectivity index (χ4n) is 1.56. The van der Waals surface area contributed by atoms with E-state index < -0.39 is 5.97 Å². The Kier molecular flexibility index (Phi) is 5.61. The van der Waals surface area contributed by atoms with Crippen LogP contribution in [0.3, 0.4) is 0 Å². The lowest BCUT2D eigenvalue weighted by Gasteiger charge is -2.01. The summed E-state index contributed by atoms with van der Waals surface area (Å²) in [6.07, 6.45) is 3.80. The Balaban J connectivity index is 2.27. The van der Waals surface area contributed by atoms with Gasteiger partial charge in [-0.15, -0.1) is 0 Å². The van der Waals surface area contributed by atoms with Crippen LogP contribution in [0.1, 0.15) is 31.2 Å². The number of rotatable bonds is 7. The van der Waals surface area contributed by atoms with Crippen molar-refractivity contribution in [3.05, 3.63) is 40.3 Å². The molecule has 0 saturated carbocycles. The SMILES string of the molecule is [N-]=[N+]=Nc1ccc(CCCCCC(=O)O)cc1. The molecule has 0 atom stereocenters. The van der Waals surface area contributed by atoms with Gasteiger partial charge in [0.2, 0.25) is 0 Å². The average Bonchev–Trinajstić information content (AvgIpc) is 2.31. The van der Waals surface area contributed by atoms with Crippen LogP contribution in [0.15, 0.2) is 29.4 Å². The Morgan fingerprint density at radius 2 is 1.94 bits per heavy atom. The molecule has 0 unspecified atom stereocenters. The first kappa shape index (κ1) is 13.1. The van der Waals surface area contributed by atoms with E-state index in [2.05, 4.69) is 10.0 Å². The summed E-state index contributed by atoms with van der Waals surface area (Å²) >= 11 is 0. The van der Waals surface area contributed by atoms with Gasteiger partial charge in [-0.2, -0.15) is 0 Å². The van der Waals surface area contributed by atoms with Crippen LogP contribution in [-0.4, -0.2) is 11.1 Å². The highest BCUT2D eigenvalue weighted by Gasteiger charge is 1.97. The van der Waals surface area contributed by atoms with E-state index in [1.165, 1.54) is 5.56 Å². The lowest BCUT2D eigenvalue weighted by atomic mass is 10.1. The molecule has 0 aliphatic rings. The molecule has 0 radical (unpaired) electrons. The molecule has 0 saturated heterocycles. The molecule has 1 aromatic rings. The van der Waals surface area contributed by atoms with Crippen LogP contribution in [0.25, 0.3) is 10.4 Å². The normalized spacial score (nSPS) is 9.65. The van der Waals surface area contributed by atoms with Crippen LogP contribution in [0.5, 0.6) is 0 Å². The third-order valence-corrected chi connectivity index (χ3v) is 2.45. The maximum Gasteiger partial charge on any atom is 0.303 e. The van der Waals surface area contributed by atoms with Crippen LogP contribution < -0.4 is 0 Å². The molecule has 0 amide bonds. The molecular weight excluding hydrogens is 218 g/mol. The van der Waals surface area contributed by atoms with E-state index in [-0.39, 0.29) is 6.42 Å². The molecule has 0 bridgehead atoms. The lowest BCUT2D eigenvalue weighted by molar-refractivity contribution is -0.137. The second kappa shape index (κ2) is 7.30. The number of carboxylic acid groups (broad SMARTS) is 1. The van der Waals surface area contributed by atoms with Crippen molar-refractivity contribution in [3.8, 4) is 0 Å². The number of hydrogen-bond donors (Lipinski definition) is 1. The highest BCUT2D eigenvalue weighted by molar-refractivity contribution is 5.66. The fraction of sp³-hybridized carbons (Fsp3) is 0.417. The Hall–Kier alpha value is -2.00. The maximum absolute atomic E-state index is 10.3. The second-order valence-corrected chi connectivity index (χ2v) is 3.81. The number of aryl methyl sites for hydroxylation is 1. The van der Waals surface area contributed by atoms with Crippen molar-refractivity contribution in [3.63, 3.8) is 0 Å². The number of aliphatic carboxylic acids is 1. The summed E-state index contributed by atoms with van der Waals surface area (Å²) in [4.78, 5) is 13.0. The standard InChI is InChI=1S/C12H15N3O2/c13-15-14-11-8-6-10(7-9-11)4-2-1-3-5-12(16)17/h6-9H,1-5H2,(H,16,17). The summed E-state index contributed by atoms with van der Waals surface area (Å²) in [6.45, 7) is 0. The van der Waals surface area contributed by atoms with Crippen LogP contribution in [0, 0.1) is 0 Å². The molecule has 0 heterocycles. The van der Waals surface area contributed by atoms with Gasteiger partial charge in [-0.3, -0.25) is 4.79 Å². The molecule has 0 spiro atoms. The maximum atomic E-state index is 10.3. The number of azide groups is 1. The van der Waals surface area contributed by atoms with E-state index in [0.717, 1.165) is 25.7 Å². The third-order valence-electron chi connectivity index (χ3n) is 2.45. The van der Waals surface area contributed by atoms with Crippen molar-refractivity contribution in [1.29, 1.82) is 0 Å². The molecule has 1 aromatic carbocycles. The zero-order valence-corrected chi connectivity index (χ0v) is 9.54. The topological polar surface area (TPSA) is 86.1 Å². The highest BCUT2D eigenvalue weighted by Crippen LogP contribution is 2.15. The third kappa shape index (κ3) is 5.58. The molecular formula is C12H15N3O2. The van der Waals surface area contributed by atoms with Crippen LogP contribution in [0.4, 0.5) is 5.69 Å². The van der Waals surface area contributed by atoms with Crippen LogP contribution in [0.2, 0.25) is 0 Å². The van der Waals surface area contributed by atoms with E-state index in [4.69, 9.17) is 10.6 Å². The number of nitrogens with zero attached hydrogens (tertiary/aromatic N) is 3. The first-order chi connectivity index (χ1) is 8.22. The van der Waals surface area contributed by atoms with Crippen LogP contribution in [-0.2, 0) is 11.2 Å². The van der Waals surface area contributed by atoms with E-state index >= 15 is 0 Å². The number of carboxylic acids is 1. The van der Waals surface area contributed by atoms with Gasteiger partial charge in [0.15, 0.2) is 0 Å². The molecule has 0 fully saturated rings. The summed E-state index contributed by atoms with van der Waals surface area (Å²) in [7, 11) is 0. The Morgan fingerprint density at radius 3 is 2.53 bits per heavy atom. The van der Waals surface area contributed by atoms with Gasteiger partial charge in [-0.25, -0.2) is 0 Å². The largest absolute Gasteiger partial charge is 0.481 e. The van der Waals surface area contributed by atoms with Crippen LogP contribution >= 0.6 is 0 Å². The van der Waals surface area contributed by atoms with Crippen molar-refractivity contribution >= 4 is 11.7 Å². The predicted molar refractivity (Wildman–Crippen MR) is 65.1 cm³/mol. The molecule has 1 rings (SSSR count). The van der Waals surface area contributed by atoms with Crippen molar-refractivity contribution in [1.82, 2.24) is 0 Å². The minimum absolute atomic E-state index is 0.246. The first-order valence-corrected chi connectivity index (χ1v) is 5.58. The molecule has 5 nitrogen and oxygen atoms in total. The minimum atomic E-state index is -0.733. The summed E-state index contributed by atoms with van der Waals surface area (Å²) < 4.78 is 0. The fourth-order valence-corrected chi connectivity index (χ4v) is 1.56. The number of benzene rings is 1. The van der Waals surface area contributed by atoms with Gasteiger partial charge in [0.25, 0.3) is 0 Å². The average molecular weight is 233 g/mol.